The lowest BCUT2D eigenvalue weighted by molar-refractivity contribution is 1.76. The van der Waals surface area contributed by atoms with Gasteiger partial charge in [-0.2, -0.15) is 0 Å². The van der Waals surface area contributed by atoms with E-state index in [9.17, 15) is 0 Å². The van der Waals surface area contributed by atoms with Gasteiger partial charge in [-0.3, -0.25) is 0 Å². The van der Waals surface area contributed by atoms with Crippen LogP contribution in [0.5, 0.6) is 0 Å². The zero-order chi connectivity index (χ0) is 25.3. The molecule has 0 amide bonds. The Morgan fingerprint density at radius 2 is 0.474 bits per heavy atom. The van der Waals surface area contributed by atoms with E-state index in [1.165, 1.54) is 52.6 Å². The topological polar surface area (TPSA) is 0 Å². The maximum Gasteiger partial charge on any atom is 0.00683 e. The number of hydrogen-bond donors (Lipinski definition) is 0. The highest BCUT2D eigenvalue weighted by Crippen LogP contribution is 2.55. The molecular formula is C36H26P2. The molecule has 0 bridgehead atoms. The maximum atomic E-state index is 2.29. The largest absolute Gasteiger partial charge is 0.0772 e. The molecule has 0 unspecified atom stereocenters. The van der Waals surface area contributed by atoms with Gasteiger partial charge in [0.2, 0.25) is 0 Å². The molecule has 180 valence electrons. The number of hydrogen-bond acceptors (Lipinski definition) is 0. The summed E-state index contributed by atoms with van der Waals surface area (Å²) in [5.41, 5.74) is 0. The van der Waals surface area contributed by atoms with Crippen molar-refractivity contribution in [3.05, 3.63) is 158 Å². The number of rotatable bonds is 2. The van der Waals surface area contributed by atoms with Gasteiger partial charge in [-0.1, -0.05) is 173 Å². The van der Waals surface area contributed by atoms with E-state index < -0.39 is 0 Å². The van der Waals surface area contributed by atoms with E-state index >= 15 is 0 Å². The fourth-order valence-electron chi connectivity index (χ4n) is 5.56. The molecule has 0 atom stereocenters. The highest BCUT2D eigenvalue weighted by Gasteiger charge is 2.12. The van der Waals surface area contributed by atoms with Gasteiger partial charge >= 0.3 is 0 Å². The Hall–Kier alpha value is -4.08. The summed E-state index contributed by atoms with van der Waals surface area (Å²) in [6.07, 6.45) is 0. The maximum absolute atomic E-state index is 2.29. The number of benzene rings is 6. The van der Waals surface area contributed by atoms with Gasteiger partial charge in [0.25, 0.3) is 0 Å². The summed E-state index contributed by atoms with van der Waals surface area (Å²) in [6, 6.07) is 57.1. The SMILES string of the molecule is c1ccc(-p2c3ccccc3c3ccccc32)cc1.c1ccc(-p2c3ccccc3c3ccccc32)cc1. The second-order valence-electron chi connectivity index (χ2n) is 9.41. The minimum Gasteiger partial charge on any atom is -0.0772 e. The summed E-state index contributed by atoms with van der Waals surface area (Å²) in [5, 5.41) is 14.5. The molecule has 0 aliphatic rings. The van der Waals surface area contributed by atoms with Crippen LogP contribution in [-0.2, 0) is 0 Å². The van der Waals surface area contributed by atoms with Crippen molar-refractivity contribution in [2.45, 2.75) is 0 Å². The third-order valence-electron chi connectivity index (χ3n) is 7.19. The van der Waals surface area contributed by atoms with Gasteiger partial charge in [0.05, 0.1) is 0 Å². The van der Waals surface area contributed by atoms with Crippen molar-refractivity contribution in [3.63, 3.8) is 0 Å². The molecule has 0 aliphatic carbocycles. The number of fused-ring (bicyclic) bond motifs is 6. The van der Waals surface area contributed by atoms with E-state index in [0.717, 1.165) is 0 Å². The standard InChI is InChI=1S/2C18H13P/c2*1-2-8-14(9-3-1)19-17-12-6-4-10-15(17)16-11-5-7-13-18(16)19/h2*1-13H. The quantitative estimate of drug-likeness (QED) is 0.213. The molecule has 0 saturated heterocycles. The summed E-state index contributed by atoms with van der Waals surface area (Å²) >= 11 is 0. The molecule has 0 nitrogen and oxygen atoms in total. The van der Waals surface area contributed by atoms with Crippen molar-refractivity contribution < 1.29 is 0 Å². The first-order valence-corrected chi connectivity index (χ1v) is 15.7. The van der Waals surface area contributed by atoms with Crippen molar-refractivity contribution >= 4 is 57.1 Å². The van der Waals surface area contributed by atoms with E-state index in [1.54, 1.807) is 0 Å². The van der Waals surface area contributed by atoms with Crippen molar-refractivity contribution in [2.75, 3.05) is 0 Å². The van der Waals surface area contributed by atoms with E-state index in [2.05, 4.69) is 158 Å². The summed E-state index contributed by atoms with van der Waals surface area (Å²) in [4.78, 5) is 0. The zero-order valence-corrected chi connectivity index (χ0v) is 22.7. The third-order valence-corrected chi connectivity index (χ3v) is 12.3. The van der Waals surface area contributed by atoms with Crippen molar-refractivity contribution in [2.24, 2.45) is 0 Å². The Morgan fingerprint density at radius 1 is 0.237 bits per heavy atom. The molecule has 0 radical (unpaired) electrons. The Kier molecular flexibility index (Phi) is 6.07. The van der Waals surface area contributed by atoms with Gasteiger partial charge in [-0.25, -0.2) is 0 Å². The van der Waals surface area contributed by atoms with E-state index in [0.29, 0.717) is 0 Å². The molecule has 2 aromatic heterocycles. The monoisotopic (exact) mass is 520 g/mol. The van der Waals surface area contributed by atoms with Crippen LogP contribution in [0.3, 0.4) is 0 Å². The van der Waals surface area contributed by atoms with Crippen LogP contribution in [0.15, 0.2) is 158 Å². The van der Waals surface area contributed by atoms with Crippen LogP contribution in [0.25, 0.3) is 52.6 Å². The minimum absolute atomic E-state index is 0.372. The first kappa shape index (κ1) is 23.1. The molecular weight excluding hydrogens is 494 g/mol. The average Bonchev–Trinajstić information content (AvgIpc) is 3.52. The van der Waals surface area contributed by atoms with Gasteiger partial charge in [0.1, 0.15) is 0 Å². The van der Waals surface area contributed by atoms with Crippen LogP contribution in [0, 0.1) is 0 Å². The molecule has 0 saturated carbocycles. The second kappa shape index (κ2) is 10.00. The zero-order valence-electron chi connectivity index (χ0n) is 20.9. The summed E-state index contributed by atoms with van der Waals surface area (Å²) in [7, 11) is -0.744. The molecule has 38 heavy (non-hydrogen) atoms. The van der Waals surface area contributed by atoms with Crippen molar-refractivity contribution in [1.82, 2.24) is 0 Å². The molecule has 6 aromatic carbocycles. The van der Waals surface area contributed by atoms with E-state index in [4.69, 9.17) is 0 Å². The molecule has 8 aromatic rings. The lowest BCUT2D eigenvalue weighted by atomic mass is 10.2. The average molecular weight is 521 g/mol. The molecule has 0 N–H and O–H groups in total. The van der Waals surface area contributed by atoms with Crippen LogP contribution >= 0.6 is 15.1 Å². The molecule has 2 heterocycles. The van der Waals surface area contributed by atoms with Crippen LogP contribution in [0.2, 0.25) is 0 Å². The van der Waals surface area contributed by atoms with Crippen LogP contribution < -0.4 is 0 Å². The Bertz CT molecular complexity index is 1760. The molecule has 0 aliphatic heterocycles. The van der Waals surface area contributed by atoms with E-state index in [-0.39, 0.29) is 15.1 Å². The molecule has 2 heteroatoms. The van der Waals surface area contributed by atoms with E-state index in [1.807, 2.05) is 0 Å². The highest BCUT2D eigenvalue weighted by molar-refractivity contribution is 7.68. The molecule has 0 fully saturated rings. The lowest BCUT2D eigenvalue weighted by Crippen LogP contribution is -1.65. The third kappa shape index (κ3) is 3.95. The minimum atomic E-state index is -0.372. The van der Waals surface area contributed by atoms with Crippen LogP contribution in [0.4, 0.5) is 0 Å². The first-order valence-electron chi connectivity index (χ1n) is 13.0. The normalized spacial score (nSPS) is 11.2. The highest BCUT2D eigenvalue weighted by atomic mass is 31.1. The first-order chi connectivity index (χ1) is 18.9. The summed E-state index contributed by atoms with van der Waals surface area (Å²) < 4.78 is 0. The lowest BCUT2D eigenvalue weighted by Gasteiger charge is -2.02. The Balaban J connectivity index is 0.000000127. The van der Waals surface area contributed by atoms with Gasteiger partial charge in [0, 0.05) is 20.5 Å². The predicted molar refractivity (Wildman–Crippen MR) is 171 cm³/mol. The smallest absolute Gasteiger partial charge is 0.00683 e. The Morgan fingerprint density at radius 3 is 0.763 bits per heavy atom. The Labute approximate surface area is 224 Å². The van der Waals surface area contributed by atoms with Crippen LogP contribution in [0.1, 0.15) is 0 Å². The van der Waals surface area contributed by atoms with Gasteiger partial charge in [-0.15, -0.1) is 0 Å². The van der Waals surface area contributed by atoms with Gasteiger partial charge in [-0.05, 0) is 32.2 Å². The van der Waals surface area contributed by atoms with Gasteiger partial charge < -0.3 is 0 Å². The van der Waals surface area contributed by atoms with Gasteiger partial charge in [0.15, 0.2) is 0 Å². The fourth-order valence-corrected chi connectivity index (χ4v) is 10.8. The predicted octanol–water partition coefficient (Wildman–Crippen LogP) is 11.9. The van der Waals surface area contributed by atoms with Crippen molar-refractivity contribution in [3.8, 4) is 10.6 Å². The molecule has 8 rings (SSSR count). The second-order valence-corrected chi connectivity index (χ2v) is 13.7. The van der Waals surface area contributed by atoms with Crippen molar-refractivity contribution in [1.29, 1.82) is 0 Å². The molecule has 0 spiro atoms. The summed E-state index contributed by atoms with van der Waals surface area (Å²) in [6.45, 7) is 0. The fraction of sp³-hybridized carbons (Fsp3) is 0. The summed E-state index contributed by atoms with van der Waals surface area (Å²) in [5.74, 6) is 0. The van der Waals surface area contributed by atoms with Crippen LogP contribution in [-0.4, -0.2) is 0 Å².